The topological polar surface area (TPSA) is 49.8 Å². The average molecular weight is 343 g/mol. The molecule has 124 valence electrons. The van der Waals surface area contributed by atoms with Gasteiger partial charge in [0.2, 0.25) is 0 Å². The van der Waals surface area contributed by atoms with Crippen LogP contribution < -0.4 is 5.32 Å². The van der Waals surface area contributed by atoms with E-state index in [1.54, 1.807) is 6.20 Å². The van der Waals surface area contributed by atoms with Crippen molar-refractivity contribution in [1.82, 2.24) is 9.88 Å². The molecule has 3 saturated heterocycles. The molecule has 0 unspecified atom stereocenters. The average Bonchev–Trinajstić information content (AvgIpc) is 2.98. The Kier molecular flexibility index (Phi) is 3.22. The van der Waals surface area contributed by atoms with Crippen molar-refractivity contribution in [2.75, 3.05) is 25.0 Å². The van der Waals surface area contributed by atoms with Gasteiger partial charge in [-0.05, 0) is 43.5 Å². The number of rotatable bonds is 1. The van der Waals surface area contributed by atoms with Gasteiger partial charge < -0.3 is 10.2 Å². The lowest BCUT2D eigenvalue weighted by atomic mass is 9.73. The van der Waals surface area contributed by atoms with Crippen LogP contribution in [0.15, 0.2) is 35.6 Å². The van der Waals surface area contributed by atoms with Crippen LogP contribution in [-0.4, -0.2) is 41.0 Å². The molecule has 24 heavy (non-hydrogen) atoms. The number of anilines is 1. The fourth-order valence-corrected chi connectivity index (χ4v) is 4.57. The van der Waals surface area contributed by atoms with E-state index in [0.717, 1.165) is 40.4 Å². The monoisotopic (exact) mass is 342 g/mol. The summed E-state index contributed by atoms with van der Waals surface area (Å²) in [4.78, 5) is 12.9. The van der Waals surface area contributed by atoms with Crippen LogP contribution in [-0.2, 0) is 4.84 Å². The molecule has 3 fully saturated rings. The molecule has 4 aliphatic heterocycles. The molecule has 0 aliphatic carbocycles. The van der Waals surface area contributed by atoms with Crippen molar-refractivity contribution in [2.24, 2.45) is 11.1 Å². The first-order valence-electron chi connectivity index (χ1n) is 8.51. The summed E-state index contributed by atoms with van der Waals surface area (Å²) in [5.41, 5.74) is -0.126. The largest absolute Gasteiger partial charge is 0.386 e. The second-order valence-corrected chi connectivity index (χ2v) is 7.48. The zero-order valence-corrected chi connectivity index (χ0v) is 14.1. The van der Waals surface area contributed by atoms with Crippen molar-refractivity contribution in [3.63, 3.8) is 0 Å². The van der Waals surface area contributed by atoms with E-state index in [1.807, 2.05) is 24.3 Å². The third kappa shape index (κ3) is 2.26. The highest BCUT2D eigenvalue weighted by Gasteiger charge is 2.52. The van der Waals surface area contributed by atoms with Crippen LogP contribution in [0.1, 0.15) is 19.3 Å². The summed E-state index contributed by atoms with van der Waals surface area (Å²) in [6.07, 6.45) is 5.08. The normalized spacial score (nSPS) is 31.3. The Bertz CT molecular complexity index is 831. The van der Waals surface area contributed by atoms with Crippen LogP contribution in [0, 0.1) is 5.92 Å². The molecule has 0 radical (unpaired) electrons. The van der Waals surface area contributed by atoms with Crippen LogP contribution >= 0.6 is 11.6 Å². The second kappa shape index (κ2) is 5.33. The molecule has 1 aromatic heterocycles. The highest BCUT2D eigenvalue weighted by atomic mass is 35.5. The number of amidine groups is 1. The standard InChI is InChI=1S/C18H19ClN4O/c19-15-3-1-2-12-8-16(20-10-14(12)15)21-17-9-18(24-22-17)11-23-6-4-13(18)5-7-23/h1-3,8,10,13H,4-7,9,11H2,(H,20,21,22)/t18-/m0/s1. The molecule has 1 atom stereocenters. The first-order valence-corrected chi connectivity index (χ1v) is 8.88. The van der Waals surface area contributed by atoms with Gasteiger partial charge in [0.25, 0.3) is 0 Å². The number of nitrogens with zero attached hydrogens (tertiary/aromatic N) is 3. The van der Waals surface area contributed by atoms with Crippen LogP contribution in [0.5, 0.6) is 0 Å². The van der Waals surface area contributed by atoms with Crippen molar-refractivity contribution >= 4 is 34.0 Å². The quantitative estimate of drug-likeness (QED) is 0.861. The maximum absolute atomic E-state index is 6.20. The van der Waals surface area contributed by atoms with Gasteiger partial charge in [-0.25, -0.2) is 4.98 Å². The molecule has 6 heteroatoms. The maximum Gasteiger partial charge on any atom is 0.160 e. The van der Waals surface area contributed by atoms with Crippen LogP contribution in [0.2, 0.25) is 5.02 Å². The lowest BCUT2D eigenvalue weighted by molar-refractivity contribution is -0.136. The number of benzene rings is 1. The predicted octanol–water partition coefficient (Wildman–Crippen LogP) is 3.50. The lowest BCUT2D eigenvalue weighted by Gasteiger charge is -2.49. The molecular weight excluding hydrogens is 324 g/mol. The molecule has 1 N–H and O–H groups in total. The first-order chi connectivity index (χ1) is 11.7. The van der Waals surface area contributed by atoms with E-state index in [4.69, 9.17) is 16.4 Å². The van der Waals surface area contributed by atoms with Gasteiger partial charge >= 0.3 is 0 Å². The van der Waals surface area contributed by atoms with Crippen LogP contribution in [0.3, 0.4) is 0 Å². The van der Waals surface area contributed by atoms with Crippen LogP contribution in [0.25, 0.3) is 10.8 Å². The molecular formula is C18H19ClN4O. The van der Waals surface area contributed by atoms with Gasteiger partial charge in [0.15, 0.2) is 11.4 Å². The third-order valence-electron chi connectivity index (χ3n) is 5.61. The number of hydrogen-bond donors (Lipinski definition) is 1. The molecule has 6 rings (SSSR count). The van der Waals surface area contributed by atoms with Gasteiger partial charge in [-0.15, -0.1) is 0 Å². The lowest BCUT2D eigenvalue weighted by Crippen LogP contribution is -2.59. The van der Waals surface area contributed by atoms with Gasteiger partial charge in [-0.1, -0.05) is 28.9 Å². The number of hydrogen-bond acceptors (Lipinski definition) is 5. The second-order valence-electron chi connectivity index (χ2n) is 7.08. The van der Waals surface area contributed by atoms with Gasteiger partial charge in [0.05, 0.1) is 6.42 Å². The number of halogens is 1. The summed E-state index contributed by atoms with van der Waals surface area (Å²) >= 11 is 6.20. The third-order valence-corrected chi connectivity index (χ3v) is 5.94. The van der Waals surface area contributed by atoms with E-state index in [0.29, 0.717) is 5.92 Å². The Morgan fingerprint density at radius 3 is 2.96 bits per heavy atom. The SMILES string of the molecule is Clc1cccc2cc(NC3=NO[C@@]4(C3)CN3CCC4CC3)ncc12. The number of piperidine rings is 3. The Balaban J connectivity index is 1.36. The number of pyridine rings is 1. The van der Waals surface area contributed by atoms with Gasteiger partial charge in [0, 0.05) is 29.1 Å². The van der Waals surface area contributed by atoms with Gasteiger partial charge in [-0.3, -0.25) is 4.90 Å². The van der Waals surface area contributed by atoms with Crippen molar-refractivity contribution in [1.29, 1.82) is 0 Å². The smallest absolute Gasteiger partial charge is 0.160 e. The van der Waals surface area contributed by atoms with Crippen molar-refractivity contribution in [3.05, 3.63) is 35.5 Å². The van der Waals surface area contributed by atoms with Crippen LogP contribution in [0.4, 0.5) is 5.82 Å². The summed E-state index contributed by atoms with van der Waals surface area (Å²) in [5, 5.41) is 10.4. The molecule has 1 aromatic carbocycles. The summed E-state index contributed by atoms with van der Waals surface area (Å²) in [7, 11) is 0. The van der Waals surface area contributed by atoms with Crippen molar-refractivity contribution in [2.45, 2.75) is 24.9 Å². The number of fused-ring (bicyclic) bond motifs is 3. The van der Waals surface area contributed by atoms with Gasteiger partial charge in [-0.2, -0.15) is 0 Å². The molecule has 5 nitrogen and oxygen atoms in total. The molecule has 0 amide bonds. The van der Waals surface area contributed by atoms with E-state index < -0.39 is 0 Å². The minimum atomic E-state index is -0.126. The van der Waals surface area contributed by atoms with E-state index in [2.05, 4.69) is 20.4 Å². The molecule has 2 aromatic rings. The Morgan fingerprint density at radius 2 is 2.17 bits per heavy atom. The molecule has 5 heterocycles. The summed E-state index contributed by atoms with van der Waals surface area (Å²) in [6.45, 7) is 3.39. The Labute approximate surface area is 145 Å². The van der Waals surface area contributed by atoms with Crippen molar-refractivity contribution < 1.29 is 4.84 Å². The van der Waals surface area contributed by atoms with Gasteiger partial charge in [0.1, 0.15) is 5.82 Å². The maximum atomic E-state index is 6.20. The Hall–Kier alpha value is -1.85. The summed E-state index contributed by atoms with van der Waals surface area (Å²) in [6, 6.07) is 7.87. The molecule has 2 bridgehead atoms. The summed E-state index contributed by atoms with van der Waals surface area (Å²) in [5.74, 6) is 2.27. The van der Waals surface area contributed by atoms with E-state index in [9.17, 15) is 0 Å². The number of aromatic nitrogens is 1. The fraction of sp³-hybridized carbons (Fsp3) is 0.444. The van der Waals surface area contributed by atoms with E-state index >= 15 is 0 Å². The fourth-order valence-electron chi connectivity index (χ4n) is 4.34. The minimum absolute atomic E-state index is 0.126. The predicted molar refractivity (Wildman–Crippen MR) is 95.4 cm³/mol. The summed E-state index contributed by atoms with van der Waals surface area (Å²) < 4.78 is 0. The highest BCUT2D eigenvalue weighted by molar-refractivity contribution is 6.35. The van der Waals surface area contributed by atoms with E-state index in [-0.39, 0.29) is 5.60 Å². The van der Waals surface area contributed by atoms with Crippen molar-refractivity contribution in [3.8, 4) is 0 Å². The highest BCUT2D eigenvalue weighted by Crippen LogP contribution is 2.43. The zero-order chi connectivity index (χ0) is 16.1. The molecule has 1 spiro atoms. The molecule has 4 aliphatic rings. The number of oxime groups is 1. The Morgan fingerprint density at radius 1 is 1.29 bits per heavy atom. The molecule has 0 saturated carbocycles. The first kappa shape index (κ1) is 14.5. The number of nitrogens with one attached hydrogen (secondary N) is 1. The zero-order valence-electron chi connectivity index (χ0n) is 13.3. The minimum Gasteiger partial charge on any atom is -0.386 e. The van der Waals surface area contributed by atoms with E-state index in [1.165, 1.54) is 25.9 Å².